The average molecular weight is 259 g/mol. The summed E-state index contributed by atoms with van der Waals surface area (Å²) in [6, 6.07) is 6.73. The summed E-state index contributed by atoms with van der Waals surface area (Å²) in [5.74, 6) is 0.666. The van der Waals surface area contributed by atoms with Crippen LogP contribution in [0.5, 0.6) is 0 Å². The summed E-state index contributed by atoms with van der Waals surface area (Å²) in [4.78, 5) is 4.53. The van der Waals surface area contributed by atoms with Crippen LogP contribution in [0, 0.1) is 6.92 Å². The maximum atomic E-state index is 6.18. The Hall–Kier alpha value is -1.51. The maximum Gasteiger partial charge on any atom is 0.201 e. The van der Waals surface area contributed by atoms with E-state index in [0.717, 1.165) is 5.52 Å². The van der Waals surface area contributed by atoms with E-state index in [1.807, 2.05) is 0 Å². The monoisotopic (exact) mass is 259 g/mol. The molecule has 1 atom stereocenters. The number of nitrogens with two attached hydrogens (primary N) is 1. The van der Waals surface area contributed by atoms with Crippen LogP contribution in [0.25, 0.3) is 11.0 Å². The molecule has 1 aromatic carbocycles. The first-order valence-electron chi connectivity index (χ1n) is 7.42. The number of imidazole rings is 1. The van der Waals surface area contributed by atoms with Crippen molar-refractivity contribution >= 4 is 17.0 Å². The number of unbranched alkanes of at least 4 members (excludes halogenated alkanes) is 1. The Bertz CT molecular complexity index is 542. The molecule has 2 rings (SSSR count). The molecule has 2 aromatic rings. The van der Waals surface area contributed by atoms with E-state index in [4.69, 9.17) is 5.73 Å². The molecule has 104 valence electrons. The second-order valence-corrected chi connectivity index (χ2v) is 5.37. The van der Waals surface area contributed by atoms with Gasteiger partial charge in [-0.1, -0.05) is 45.2 Å². The van der Waals surface area contributed by atoms with E-state index in [1.54, 1.807) is 0 Å². The van der Waals surface area contributed by atoms with Crippen LogP contribution in [0.1, 0.15) is 57.6 Å². The normalized spacial score (nSPS) is 13.0. The lowest BCUT2D eigenvalue weighted by atomic mass is 10.0. The fraction of sp³-hybridized carbons (Fsp3) is 0.562. The van der Waals surface area contributed by atoms with Crippen LogP contribution in [0.3, 0.4) is 0 Å². The Morgan fingerprint density at radius 1 is 1.21 bits per heavy atom. The number of benzene rings is 1. The van der Waals surface area contributed by atoms with Crippen molar-refractivity contribution in [1.29, 1.82) is 0 Å². The zero-order chi connectivity index (χ0) is 13.8. The van der Waals surface area contributed by atoms with Gasteiger partial charge < -0.3 is 10.3 Å². The molecule has 3 nitrogen and oxygen atoms in total. The van der Waals surface area contributed by atoms with Gasteiger partial charge in [-0.15, -0.1) is 0 Å². The van der Waals surface area contributed by atoms with Crippen LogP contribution in [0.15, 0.2) is 18.2 Å². The van der Waals surface area contributed by atoms with Gasteiger partial charge in [-0.2, -0.15) is 0 Å². The molecule has 0 fully saturated rings. The van der Waals surface area contributed by atoms with Gasteiger partial charge in [0.2, 0.25) is 5.95 Å². The SMILES string of the molecule is CCCCC(CCC)n1c(N)nc2cccc(C)c21. The molecule has 1 unspecified atom stereocenters. The van der Waals surface area contributed by atoms with Crippen molar-refractivity contribution in [3.63, 3.8) is 0 Å². The van der Waals surface area contributed by atoms with E-state index in [0.29, 0.717) is 12.0 Å². The van der Waals surface area contributed by atoms with Crippen molar-refractivity contribution in [1.82, 2.24) is 9.55 Å². The minimum atomic E-state index is 0.482. The molecular formula is C16H25N3. The number of rotatable bonds is 6. The summed E-state index contributed by atoms with van der Waals surface area (Å²) in [5.41, 5.74) is 9.68. The molecule has 1 aromatic heterocycles. The summed E-state index contributed by atoms with van der Waals surface area (Å²) in [5, 5.41) is 0. The molecule has 0 amide bonds. The second kappa shape index (κ2) is 6.09. The van der Waals surface area contributed by atoms with E-state index in [1.165, 1.54) is 43.2 Å². The fourth-order valence-corrected chi connectivity index (χ4v) is 2.88. The third kappa shape index (κ3) is 2.75. The van der Waals surface area contributed by atoms with Crippen LogP contribution in [-0.4, -0.2) is 9.55 Å². The number of para-hydroxylation sites is 1. The van der Waals surface area contributed by atoms with Crippen LogP contribution >= 0.6 is 0 Å². The largest absolute Gasteiger partial charge is 0.369 e. The molecule has 0 bridgehead atoms. The molecule has 0 aliphatic rings. The van der Waals surface area contributed by atoms with Crippen LogP contribution in [0.4, 0.5) is 5.95 Å². The van der Waals surface area contributed by atoms with Gasteiger partial charge in [0.15, 0.2) is 0 Å². The summed E-state index contributed by atoms with van der Waals surface area (Å²) in [7, 11) is 0. The predicted octanol–water partition coefficient (Wildman–Crippen LogP) is 4.46. The molecule has 3 heteroatoms. The van der Waals surface area contributed by atoms with Gasteiger partial charge in [-0.3, -0.25) is 0 Å². The summed E-state index contributed by atoms with van der Waals surface area (Å²) in [6.45, 7) is 6.62. The number of fused-ring (bicyclic) bond motifs is 1. The van der Waals surface area contributed by atoms with Crippen molar-refractivity contribution < 1.29 is 0 Å². The lowest BCUT2D eigenvalue weighted by molar-refractivity contribution is 0.430. The van der Waals surface area contributed by atoms with E-state index in [2.05, 4.69) is 48.5 Å². The summed E-state index contributed by atoms with van der Waals surface area (Å²) < 4.78 is 2.27. The fourth-order valence-electron chi connectivity index (χ4n) is 2.88. The first-order valence-corrected chi connectivity index (χ1v) is 7.42. The summed E-state index contributed by atoms with van der Waals surface area (Å²) in [6.07, 6.45) is 6.01. The van der Waals surface area contributed by atoms with Gasteiger partial charge in [-0.05, 0) is 31.4 Å². The zero-order valence-corrected chi connectivity index (χ0v) is 12.3. The van der Waals surface area contributed by atoms with Crippen molar-refractivity contribution in [2.24, 2.45) is 0 Å². The number of hydrogen-bond donors (Lipinski definition) is 1. The summed E-state index contributed by atoms with van der Waals surface area (Å²) >= 11 is 0. The minimum absolute atomic E-state index is 0.482. The third-order valence-corrected chi connectivity index (χ3v) is 3.82. The first kappa shape index (κ1) is 13.9. The molecule has 2 N–H and O–H groups in total. The number of aryl methyl sites for hydroxylation is 1. The molecule has 0 aliphatic carbocycles. The average Bonchev–Trinajstić information content (AvgIpc) is 2.72. The quantitative estimate of drug-likeness (QED) is 0.832. The number of nitrogen functional groups attached to an aromatic ring is 1. The smallest absolute Gasteiger partial charge is 0.201 e. The van der Waals surface area contributed by atoms with E-state index in [9.17, 15) is 0 Å². The highest BCUT2D eigenvalue weighted by Crippen LogP contribution is 2.30. The number of nitrogens with zero attached hydrogens (tertiary/aromatic N) is 2. The van der Waals surface area contributed by atoms with E-state index >= 15 is 0 Å². The van der Waals surface area contributed by atoms with Crippen molar-refractivity contribution in [3.05, 3.63) is 23.8 Å². The van der Waals surface area contributed by atoms with Crippen molar-refractivity contribution in [2.75, 3.05) is 5.73 Å². The molecular weight excluding hydrogens is 234 g/mol. The van der Waals surface area contributed by atoms with Crippen molar-refractivity contribution in [2.45, 2.75) is 58.9 Å². The van der Waals surface area contributed by atoms with Crippen molar-refractivity contribution in [3.8, 4) is 0 Å². The number of aromatic nitrogens is 2. The van der Waals surface area contributed by atoms with Crippen LogP contribution in [0.2, 0.25) is 0 Å². The molecule has 0 saturated heterocycles. The highest BCUT2D eigenvalue weighted by atomic mass is 15.2. The standard InChI is InChI=1S/C16H25N3/c1-4-6-10-13(8-5-2)19-15-12(3)9-7-11-14(15)18-16(19)17/h7,9,11,13H,4-6,8,10H2,1-3H3,(H2,17,18). The van der Waals surface area contributed by atoms with Gasteiger partial charge >= 0.3 is 0 Å². The van der Waals surface area contributed by atoms with Gasteiger partial charge in [0.1, 0.15) is 0 Å². The highest BCUT2D eigenvalue weighted by Gasteiger charge is 2.17. The van der Waals surface area contributed by atoms with Gasteiger partial charge in [-0.25, -0.2) is 4.98 Å². The lowest BCUT2D eigenvalue weighted by Gasteiger charge is -2.20. The molecule has 19 heavy (non-hydrogen) atoms. The Balaban J connectivity index is 2.48. The van der Waals surface area contributed by atoms with Crippen LogP contribution in [-0.2, 0) is 0 Å². The lowest BCUT2D eigenvalue weighted by Crippen LogP contribution is -2.12. The number of anilines is 1. The maximum absolute atomic E-state index is 6.18. The Morgan fingerprint density at radius 2 is 2.00 bits per heavy atom. The molecule has 1 heterocycles. The molecule has 0 radical (unpaired) electrons. The van der Waals surface area contributed by atoms with Gasteiger partial charge in [0.05, 0.1) is 11.0 Å². The predicted molar refractivity (Wildman–Crippen MR) is 82.4 cm³/mol. The van der Waals surface area contributed by atoms with E-state index < -0.39 is 0 Å². The topological polar surface area (TPSA) is 43.8 Å². The molecule has 0 aliphatic heterocycles. The Morgan fingerprint density at radius 3 is 2.68 bits per heavy atom. The van der Waals surface area contributed by atoms with E-state index in [-0.39, 0.29) is 0 Å². The molecule has 0 saturated carbocycles. The second-order valence-electron chi connectivity index (χ2n) is 5.37. The first-order chi connectivity index (χ1) is 9.19. The van der Waals surface area contributed by atoms with Crippen LogP contribution < -0.4 is 5.73 Å². The Kier molecular flexibility index (Phi) is 4.46. The molecule has 0 spiro atoms. The van der Waals surface area contributed by atoms with Gasteiger partial charge in [0, 0.05) is 6.04 Å². The minimum Gasteiger partial charge on any atom is -0.369 e. The Labute approximate surface area is 115 Å². The third-order valence-electron chi connectivity index (χ3n) is 3.82. The zero-order valence-electron chi connectivity index (χ0n) is 12.3. The number of hydrogen-bond acceptors (Lipinski definition) is 2. The van der Waals surface area contributed by atoms with Gasteiger partial charge in [0.25, 0.3) is 0 Å². The highest BCUT2D eigenvalue weighted by molar-refractivity contribution is 5.81.